The molecule has 0 saturated heterocycles. The van der Waals surface area contributed by atoms with Crippen molar-refractivity contribution in [1.82, 2.24) is 4.98 Å². The van der Waals surface area contributed by atoms with Gasteiger partial charge in [0, 0.05) is 6.20 Å². The Balaban J connectivity index is 1.61. The minimum atomic E-state index is -0.0900. The van der Waals surface area contributed by atoms with Gasteiger partial charge in [0.05, 0.1) is 11.6 Å². The summed E-state index contributed by atoms with van der Waals surface area (Å²) in [6.45, 7) is 8.73. The number of esters is 1. The van der Waals surface area contributed by atoms with Crippen LogP contribution in [0.2, 0.25) is 0 Å². The summed E-state index contributed by atoms with van der Waals surface area (Å²) in [6.07, 6.45) is 4.95. The SMILES string of the molecule is CC(C)=CC1C(C(=O)OCc2[nH]ccc2Cc2ccccc2)C1(C)C. The summed E-state index contributed by atoms with van der Waals surface area (Å²) < 4.78 is 5.64. The number of allylic oxidation sites excluding steroid dienone is 2. The minimum absolute atomic E-state index is 0.00302. The van der Waals surface area contributed by atoms with Gasteiger partial charge in [0.25, 0.3) is 0 Å². The van der Waals surface area contributed by atoms with Crippen LogP contribution in [-0.4, -0.2) is 11.0 Å². The summed E-state index contributed by atoms with van der Waals surface area (Å²) in [5.41, 5.74) is 4.66. The van der Waals surface area contributed by atoms with Crippen molar-refractivity contribution in [2.45, 2.75) is 40.7 Å². The molecule has 3 heteroatoms. The molecule has 3 nitrogen and oxygen atoms in total. The van der Waals surface area contributed by atoms with Crippen molar-refractivity contribution < 1.29 is 9.53 Å². The lowest BCUT2D eigenvalue weighted by Gasteiger charge is -2.07. The molecule has 1 saturated carbocycles. The molecular formula is C22H27NO2. The number of benzene rings is 1. The highest BCUT2D eigenvalue weighted by Gasteiger charge is 2.61. The zero-order chi connectivity index (χ0) is 18.0. The van der Waals surface area contributed by atoms with E-state index >= 15 is 0 Å². The first-order chi connectivity index (χ1) is 11.9. The second-order valence-corrected chi connectivity index (χ2v) is 7.82. The first kappa shape index (κ1) is 17.5. The quantitative estimate of drug-likeness (QED) is 0.602. The Hall–Kier alpha value is -2.29. The Kier molecular flexibility index (Phi) is 4.85. The van der Waals surface area contributed by atoms with E-state index in [0.29, 0.717) is 6.61 Å². The van der Waals surface area contributed by atoms with Crippen molar-refractivity contribution in [3.05, 3.63) is 71.1 Å². The van der Waals surface area contributed by atoms with Gasteiger partial charge in [-0.05, 0) is 48.8 Å². The Bertz CT molecular complexity index is 766. The summed E-state index contributed by atoms with van der Waals surface area (Å²) in [4.78, 5) is 15.7. The maximum Gasteiger partial charge on any atom is 0.310 e. The first-order valence-electron chi connectivity index (χ1n) is 8.90. The van der Waals surface area contributed by atoms with E-state index in [1.807, 2.05) is 24.4 Å². The van der Waals surface area contributed by atoms with Gasteiger partial charge in [-0.1, -0.05) is 55.8 Å². The van der Waals surface area contributed by atoms with Crippen LogP contribution in [0.1, 0.15) is 44.5 Å². The highest BCUT2D eigenvalue weighted by atomic mass is 16.5. The molecule has 0 bridgehead atoms. The van der Waals surface area contributed by atoms with E-state index < -0.39 is 0 Å². The fraction of sp³-hybridized carbons (Fsp3) is 0.409. The predicted molar refractivity (Wildman–Crippen MR) is 100 cm³/mol. The van der Waals surface area contributed by atoms with Crippen LogP contribution in [0, 0.1) is 17.3 Å². The van der Waals surface area contributed by atoms with Crippen molar-refractivity contribution in [3.63, 3.8) is 0 Å². The van der Waals surface area contributed by atoms with Crippen molar-refractivity contribution in [2.75, 3.05) is 0 Å². The number of rotatable bonds is 6. The molecular weight excluding hydrogens is 310 g/mol. The van der Waals surface area contributed by atoms with Gasteiger partial charge in [-0.15, -0.1) is 0 Å². The lowest BCUT2D eigenvalue weighted by atomic mass is 10.1. The third kappa shape index (κ3) is 3.87. The molecule has 0 radical (unpaired) electrons. The number of ether oxygens (including phenoxy) is 1. The van der Waals surface area contributed by atoms with Crippen LogP contribution in [0.4, 0.5) is 0 Å². The van der Waals surface area contributed by atoms with Crippen molar-refractivity contribution in [1.29, 1.82) is 0 Å². The molecule has 0 aliphatic heterocycles. The molecule has 0 spiro atoms. The number of H-pyrrole nitrogens is 1. The third-order valence-corrected chi connectivity index (χ3v) is 5.20. The Morgan fingerprint density at radius 3 is 2.60 bits per heavy atom. The fourth-order valence-corrected chi connectivity index (χ4v) is 3.58. The Labute approximate surface area is 150 Å². The fourth-order valence-electron chi connectivity index (χ4n) is 3.58. The van der Waals surface area contributed by atoms with Crippen molar-refractivity contribution in [3.8, 4) is 0 Å². The van der Waals surface area contributed by atoms with Gasteiger partial charge in [-0.3, -0.25) is 4.79 Å². The Morgan fingerprint density at radius 2 is 1.92 bits per heavy atom. The van der Waals surface area contributed by atoms with E-state index in [4.69, 9.17) is 4.74 Å². The van der Waals surface area contributed by atoms with E-state index in [0.717, 1.165) is 12.1 Å². The van der Waals surface area contributed by atoms with E-state index in [9.17, 15) is 4.79 Å². The van der Waals surface area contributed by atoms with Crippen LogP contribution in [0.3, 0.4) is 0 Å². The molecule has 2 atom stereocenters. The second-order valence-electron chi connectivity index (χ2n) is 7.82. The largest absolute Gasteiger partial charge is 0.459 e. The monoisotopic (exact) mass is 337 g/mol. The zero-order valence-corrected chi connectivity index (χ0v) is 15.5. The van der Waals surface area contributed by atoms with Crippen LogP contribution in [0.15, 0.2) is 54.2 Å². The number of carbonyl (C=O) groups excluding carboxylic acids is 1. The molecule has 1 aliphatic carbocycles. The molecule has 3 rings (SSSR count). The van der Waals surface area contributed by atoms with Gasteiger partial charge in [0.1, 0.15) is 6.61 Å². The van der Waals surface area contributed by atoms with Crippen LogP contribution in [0.25, 0.3) is 0 Å². The molecule has 2 unspecified atom stereocenters. The second kappa shape index (κ2) is 6.91. The first-order valence-corrected chi connectivity index (χ1v) is 8.90. The average molecular weight is 337 g/mol. The van der Waals surface area contributed by atoms with E-state index in [2.05, 4.69) is 57.0 Å². The minimum Gasteiger partial charge on any atom is -0.459 e. The molecule has 1 aromatic carbocycles. The predicted octanol–water partition coefficient (Wildman–Crippen LogP) is 4.89. The summed E-state index contributed by atoms with van der Waals surface area (Å²) in [7, 11) is 0. The van der Waals surface area contributed by atoms with E-state index in [1.54, 1.807) is 0 Å². The molecule has 1 aliphatic rings. The molecule has 2 aromatic rings. The van der Waals surface area contributed by atoms with Crippen LogP contribution < -0.4 is 0 Å². The smallest absolute Gasteiger partial charge is 0.310 e. The Morgan fingerprint density at radius 1 is 1.20 bits per heavy atom. The number of aromatic amines is 1. The lowest BCUT2D eigenvalue weighted by molar-refractivity contribution is -0.147. The number of hydrogen-bond donors (Lipinski definition) is 1. The number of carbonyl (C=O) groups is 1. The number of nitrogens with one attached hydrogen (secondary N) is 1. The highest BCUT2D eigenvalue weighted by molar-refractivity contribution is 5.78. The molecule has 132 valence electrons. The molecule has 1 N–H and O–H groups in total. The molecule has 1 heterocycles. The average Bonchev–Trinajstić information content (AvgIpc) is 2.90. The molecule has 1 fully saturated rings. The van der Waals surface area contributed by atoms with Crippen molar-refractivity contribution >= 4 is 5.97 Å². The zero-order valence-electron chi connectivity index (χ0n) is 15.5. The van der Waals surface area contributed by atoms with Crippen molar-refractivity contribution in [2.24, 2.45) is 17.3 Å². The van der Waals surface area contributed by atoms with E-state index in [1.165, 1.54) is 16.7 Å². The highest BCUT2D eigenvalue weighted by Crippen LogP contribution is 2.59. The van der Waals surface area contributed by atoms with Crippen LogP contribution in [0.5, 0.6) is 0 Å². The summed E-state index contributed by atoms with van der Waals surface area (Å²) >= 11 is 0. The third-order valence-electron chi connectivity index (χ3n) is 5.20. The van der Waals surface area contributed by atoms with Gasteiger partial charge in [-0.25, -0.2) is 0 Å². The van der Waals surface area contributed by atoms with Crippen LogP contribution in [-0.2, 0) is 22.6 Å². The molecule has 1 aromatic heterocycles. The summed E-state index contributed by atoms with van der Waals surface area (Å²) in [5.74, 6) is 0.167. The normalized spacial score (nSPS) is 20.8. The maximum atomic E-state index is 12.5. The van der Waals surface area contributed by atoms with Gasteiger partial charge < -0.3 is 9.72 Å². The summed E-state index contributed by atoms with van der Waals surface area (Å²) in [5, 5.41) is 0. The molecule has 0 amide bonds. The van der Waals surface area contributed by atoms with Gasteiger partial charge in [0.15, 0.2) is 0 Å². The van der Waals surface area contributed by atoms with Gasteiger partial charge >= 0.3 is 5.97 Å². The number of hydrogen-bond acceptors (Lipinski definition) is 2. The maximum absolute atomic E-state index is 12.5. The summed E-state index contributed by atoms with van der Waals surface area (Å²) in [6, 6.07) is 12.4. The van der Waals surface area contributed by atoms with Gasteiger partial charge in [-0.2, -0.15) is 0 Å². The topological polar surface area (TPSA) is 42.1 Å². The van der Waals surface area contributed by atoms with E-state index in [-0.39, 0.29) is 23.2 Å². The van der Waals surface area contributed by atoms with Crippen LogP contribution >= 0.6 is 0 Å². The standard InChI is InChI=1S/C22H27NO2/c1-15(2)12-18-20(22(18,3)4)21(24)25-14-19-17(10-11-23-19)13-16-8-6-5-7-9-16/h5-12,18,20,23H,13-14H2,1-4H3. The van der Waals surface area contributed by atoms with Gasteiger partial charge in [0.2, 0.25) is 0 Å². The lowest BCUT2D eigenvalue weighted by Crippen LogP contribution is -2.11. The number of aromatic nitrogens is 1. The molecule has 25 heavy (non-hydrogen) atoms.